The van der Waals surface area contributed by atoms with E-state index in [-0.39, 0.29) is 19.6 Å². The molecule has 0 amide bonds. The van der Waals surface area contributed by atoms with Crippen molar-refractivity contribution < 1.29 is 56.2 Å². The molecule has 6 atom stereocenters. The van der Waals surface area contributed by atoms with E-state index in [4.69, 9.17) is 23.5 Å². The Morgan fingerprint density at radius 3 is 1.88 bits per heavy atom. The third kappa shape index (κ3) is 25.3. The zero-order chi connectivity index (χ0) is 37.6. The summed E-state index contributed by atoms with van der Waals surface area (Å²) in [6.07, 6.45) is 22.7. The number of aliphatic hydroxyl groups is 3. The van der Waals surface area contributed by atoms with Crippen LogP contribution in [0.3, 0.4) is 0 Å². The second kappa shape index (κ2) is 31.0. The van der Waals surface area contributed by atoms with Crippen LogP contribution in [0.4, 0.5) is 0 Å². The van der Waals surface area contributed by atoms with E-state index in [1.54, 1.807) is 0 Å². The summed E-state index contributed by atoms with van der Waals surface area (Å²) in [5.74, 6) is -0.415. The van der Waals surface area contributed by atoms with E-state index in [0.717, 1.165) is 57.8 Å². The lowest BCUT2D eigenvalue weighted by molar-refractivity contribution is -0.301. The summed E-state index contributed by atoms with van der Waals surface area (Å²) in [6, 6.07) is 0. The Kier molecular flexibility index (Phi) is 28.9. The summed E-state index contributed by atoms with van der Waals surface area (Å²) < 4.78 is 58.5. The molecule has 1 fully saturated rings. The summed E-state index contributed by atoms with van der Waals surface area (Å²) >= 11 is 0. The molecule has 6 unspecified atom stereocenters. The monoisotopic (exact) mass is 750 g/mol. The fourth-order valence-corrected chi connectivity index (χ4v) is 6.33. The number of allylic oxidation sites excluding steroid dienone is 4. The van der Waals surface area contributed by atoms with Crippen molar-refractivity contribution in [3.8, 4) is 0 Å². The fourth-order valence-electron chi connectivity index (χ4n) is 5.82. The maximum absolute atomic E-state index is 12.6. The van der Waals surface area contributed by atoms with Gasteiger partial charge in [-0.1, -0.05) is 122 Å². The van der Waals surface area contributed by atoms with E-state index in [1.807, 2.05) is 0 Å². The average Bonchev–Trinajstić information content (AvgIpc) is 3.09. The van der Waals surface area contributed by atoms with Crippen LogP contribution in [0, 0.1) is 0 Å². The van der Waals surface area contributed by atoms with Crippen LogP contribution in [0.1, 0.15) is 149 Å². The molecule has 0 aromatic heterocycles. The quantitative estimate of drug-likeness (QED) is 0.0236. The molecule has 0 aromatic rings. The smallest absolute Gasteiger partial charge is 0.397 e. The molecule has 13 heteroatoms. The van der Waals surface area contributed by atoms with Crippen LogP contribution in [0.5, 0.6) is 0 Å². The van der Waals surface area contributed by atoms with Crippen molar-refractivity contribution in [2.45, 2.75) is 185 Å². The maximum atomic E-state index is 12.6. The third-order valence-corrected chi connectivity index (χ3v) is 9.29. The van der Waals surface area contributed by atoms with E-state index in [2.05, 4.69) is 42.3 Å². The van der Waals surface area contributed by atoms with Gasteiger partial charge in [0.1, 0.15) is 30.5 Å². The molecule has 1 heterocycles. The lowest BCUT2D eigenvalue weighted by Gasteiger charge is -2.41. The van der Waals surface area contributed by atoms with Gasteiger partial charge in [-0.3, -0.25) is 9.35 Å². The minimum Gasteiger partial charge on any atom is -0.457 e. The first kappa shape index (κ1) is 47.6. The topological polar surface area (TPSA) is 178 Å². The zero-order valence-corrected chi connectivity index (χ0v) is 32.2. The van der Waals surface area contributed by atoms with Crippen molar-refractivity contribution in [2.24, 2.45) is 0 Å². The molecule has 12 nitrogen and oxygen atoms in total. The van der Waals surface area contributed by atoms with Crippen molar-refractivity contribution in [2.75, 3.05) is 26.4 Å². The van der Waals surface area contributed by atoms with Crippen LogP contribution in [0.25, 0.3) is 0 Å². The molecule has 0 spiro atoms. The van der Waals surface area contributed by atoms with Gasteiger partial charge in [0.15, 0.2) is 6.29 Å². The highest BCUT2D eigenvalue weighted by molar-refractivity contribution is 7.80. The summed E-state index contributed by atoms with van der Waals surface area (Å²) in [5, 5.41) is 30.4. The summed E-state index contributed by atoms with van der Waals surface area (Å²) in [7, 11) is -5.05. The molecular formula is C38H70O12S. The SMILES string of the molecule is CCCCCC/C=C\C/C=C\CCCCCCCCCCOCC(COC1OC(CO)C(O)C(OS(=O)(=O)O)C1O)OC(=O)CCCCCCC. The van der Waals surface area contributed by atoms with E-state index >= 15 is 0 Å². The lowest BCUT2D eigenvalue weighted by Crippen LogP contribution is -2.60. The Bertz CT molecular complexity index is 1000. The first-order valence-corrected chi connectivity index (χ1v) is 21.0. The highest BCUT2D eigenvalue weighted by atomic mass is 32.3. The molecule has 51 heavy (non-hydrogen) atoms. The highest BCUT2D eigenvalue weighted by Crippen LogP contribution is 2.26. The number of carbonyl (C=O) groups is 1. The molecule has 1 saturated heterocycles. The molecule has 0 radical (unpaired) electrons. The summed E-state index contributed by atoms with van der Waals surface area (Å²) in [4.78, 5) is 12.6. The molecule has 300 valence electrons. The van der Waals surface area contributed by atoms with Crippen LogP contribution < -0.4 is 0 Å². The molecule has 1 rings (SSSR count). The van der Waals surface area contributed by atoms with Crippen molar-refractivity contribution in [1.29, 1.82) is 0 Å². The van der Waals surface area contributed by atoms with Gasteiger partial charge in [0.05, 0.1) is 19.8 Å². The van der Waals surface area contributed by atoms with Gasteiger partial charge in [0, 0.05) is 13.0 Å². The summed E-state index contributed by atoms with van der Waals surface area (Å²) in [6.45, 7) is 3.84. The van der Waals surface area contributed by atoms with Gasteiger partial charge in [-0.2, -0.15) is 8.42 Å². The maximum Gasteiger partial charge on any atom is 0.397 e. The van der Waals surface area contributed by atoms with Crippen LogP contribution in [0.15, 0.2) is 24.3 Å². The molecule has 1 aliphatic heterocycles. The zero-order valence-electron chi connectivity index (χ0n) is 31.4. The molecular weight excluding hydrogens is 680 g/mol. The van der Waals surface area contributed by atoms with E-state index < -0.39 is 59.8 Å². The Morgan fingerprint density at radius 1 is 0.745 bits per heavy atom. The number of hydrogen-bond acceptors (Lipinski definition) is 11. The Hall–Kier alpha value is -1.42. The van der Waals surface area contributed by atoms with Gasteiger partial charge in [-0.05, 0) is 44.9 Å². The van der Waals surface area contributed by atoms with E-state index in [0.29, 0.717) is 13.0 Å². The standard InChI is InChI=1S/C38H70O12S/c1-3-5-7-9-10-11-12-13-14-15-16-17-18-19-20-21-22-24-26-28-46-30-32(48-34(40)27-25-23-8-6-4-2)31-47-38-36(42)37(50-51(43,44)45)35(41)33(29-39)49-38/h11-12,14-15,32-33,35-39,41-42H,3-10,13,16-31H2,1-2H3,(H,43,44,45)/b12-11-,15-14-. The lowest BCUT2D eigenvalue weighted by atomic mass is 9.99. The number of hydrogen-bond donors (Lipinski definition) is 4. The van der Waals surface area contributed by atoms with Crippen LogP contribution in [0.2, 0.25) is 0 Å². The van der Waals surface area contributed by atoms with Crippen molar-refractivity contribution >= 4 is 16.4 Å². The second-order valence-electron chi connectivity index (χ2n) is 13.5. The highest BCUT2D eigenvalue weighted by Gasteiger charge is 2.48. The average molecular weight is 751 g/mol. The number of carbonyl (C=O) groups excluding carboxylic acids is 1. The molecule has 0 bridgehead atoms. The largest absolute Gasteiger partial charge is 0.457 e. The van der Waals surface area contributed by atoms with Gasteiger partial charge in [-0.15, -0.1) is 0 Å². The number of esters is 1. The van der Waals surface area contributed by atoms with Crippen LogP contribution >= 0.6 is 0 Å². The van der Waals surface area contributed by atoms with Crippen LogP contribution in [-0.2, 0) is 38.3 Å². The minimum atomic E-state index is -5.05. The molecule has 1 aliphatic rings. The van der Waals surface area contributed by atoms with Crippen molar-refractivity contribution in [3.05, 3.63) is 24.3 Å². The molecule has 0 aliphatic carbocycles. The van der Waals surface area contributed by atoms with Gasteiger partial charge >= 0.3 is 16.4 Å². The fraction of sp³-hybridized carbons (Fsp3) is 0.868. The molecule has 0 aromatic carbocycles. The van der Waals surface area contributed by atoms with Gasteiger partial charge in [0.25, 0.3) is 0 Å². The number of unbranched alkanes of at least 4 members (excludes halogenated alkanes) is 16. The third-order valence-electron chi connectivity index (χ3n) is 8.83. The number of ether oxygens (including phenoxy) is 4. The summed E-state index contributed by atoms with van der Waals surface area (Å²) in [5.41, 5.74) is 0. The first-order valence-electron chi connectivity index (χ1n) is 19.6. The number of aliphatic hydroxyl groups excluding tert-OH is 3. The Balaban J connectivity index is 2.36. The Morgan fingerprint density at radius 2 is 1.29 bits per heavy atom. The van der Waals surface area contributed by atoms with Crippen LogP contribution in [-0.4, -0.2) is 97.5 Å². The predicted molar refractivity (Wildman–Crippen MR) is 197 cm³/mol. The second-order valence-corrected chi connectivity index (χ2v) is 14.6. The van der Waals surface area contributed by atoms with E-state index in [1.165, 1.54) is 64.2 Å². The predicted octanol–water partition coefficient (Wildman–Crippen LogP) is 6.90. The molecule has 4 N–H and O–H groups in total. The first-order chi connectivity index (χ1) is 24.6. The van der Waals surface area contributed by atoms with Crippen molar-refractivity contribution in [1.82, 2.24) is 0 Å². The minimum absolute atomic E-state index is 0.0329. The Labute approximate surface area is 308 Å². The van der Waals surface area contributed by atoms with Gasteiger partial charge in [-0.25, -0.2) is 4.18 Å². The number of rotatable bonds is 33. The molecule has 0 saturated carbocycles. The normalized spacial score (nSPS) is 21.9. The van der Waals surface area contributed by atoms with Gasteiger partial charge in [0.2, 0.25) is 0 Å². The van der Waals surface area contributed by atoms with Gasteiger partial charge < -0.3 is 34.3 Å². The van der Waals surface area contributed by atoms with Crippen molar-refractivity contribution in [3.63, 3.8) is 0 Å². The van der Waals surface area contributed by atoms with E-state index in [9.17, 15) is 28.5 Å².